The summed E-state index contributed by atoms with van der Waals surface area (Å²) in [5.74, 6) is 1.97. The second-order valence-electron chi connectivity index (χ2n) is 6.07. The molecule has 1 aliphatic carbocycles. The van der Waals surface area contributed by atoms with Crippen LogP contribution < -0.4 is 4.90 Å². The summed E-state index contributed by atoms with van der Waals surface area (Å²) < 4.78 is 0. The lowest BCUT2D eigenvalue weighted by molar-refractivity contribution is 0.199. The molecular weight excluding hydrogens is 236 g/mol. The molecule has 2 aliphatic rings. The Hall–Kier alpha value is -1.09. The van der Waals surface area contributed by atoms with Crippen LogP contribution >= 0.6 is 0 Å². The zero-order valence-electron chi connectivity index (χ0n) is 11.8. The fourth-order valence-corrected chi connectivity index (χ4v) is 3.72. The van der Waals surface area contributed by atoms with E-state index in [9.17, 15) is 5.11 Å². The number of aliphatic hydroxyl groups excluding tert-OH is 1. The van der Waals surface area contributed by atoms with Crippen LogP contribution in [0, 0.1) is 5.92 Å². The highest BCUT2D eigenvalue weighted by atomic mass is 16.3. The molecule has 1 aromatic heterocycles. The molecule has 1 N–H and O–H groups in total. The predicted octanol–water partition coefficient (Wildman–Crippen LogP) is 3.29. The fourth-order valence-electron chi connectivity index (χ4n) is 3.72. The van der Waals surface area contributed by atoms with E-state index in [0.717, 1.165) is 23.8 Å². The minimum Gasteiger partial charge on any atom is -0.389 e. The summed E-state index contributed by atoms with van der Waals surface area (Å²) in [6.45, 7) is 2.93. The van der Waals surface area contributed by atoms with Gasteiger partial charge in [-0.25, -0.2) is 4.98 Å². The SMILES string of the molecule is C[C@H](O)c1ccc(N2CCCC3CCCCC32)nc1. The lowest BCUT2D eigenvalue weighted by atomic mass is 9.78. The smallest absolute Gasteiger partial charge is 0.128 e. The van der Waals surface area contributed by atoms with Crippen molar-refractivity contribution in [1.82, 2.24) is 4.98 Å². The fraction of sp³-hybridized carbons (Fsp3) is 0.688. The molecule has 2 heterocycles. The molecular formula is C16H24N2O. The molecule has 19 heavy (non-hydrogen) atoms. The Kier molecular flexibility index (Phi) is 3.74. The van der Waals surface area contributed by atoms with E-state index < -0.39 is 6.10 Å². The molecule has 0 spiro atoms. The molecule has 3 atom stereocenters. The van der Waals surface area contributed by atoms with Crippen LogP contribution in [0.2, 0.25) is 0 Å². The molecule has 3 nitrogen and oxygen atoms in total. The van der Waals surface area contributed by atoms with Gasteiger partial charge in [0.25, 0.3) is 0 Å². The standard InChI is InChI=1S/C16H24N2O/c1-12(19)14-8-9-16(17-11-14)18-10-4-6-13-5-2-3-7-15(13)18/h8-9,11-13,15,19H,2-7,10H2,1H3/t12-,13?,15?/m0/s1. The molecule has 2 fully saturated rings. The summed E-state index contributed by atoms with van der Waals surface area (Å²) in [5, 5.41) is 9.56. The van der Waals surface area contributed by atoms with Gasteiger partial charge in [-0.2, -0.15) is 0 Å². The van der Waals surface area contributed by atoms with Gasteiger partial charge in [-0.05, 0) is 50.2 Å². The number of pyridine rings is 1. The number of fused-ring (bicyclic) bond motifs is 1. The Morgan fingerprint density at radius 2 is 2.00 bits per heavy atom. The maximum Gasteiger partial charge on any atom is 0.128 e. The van der Waals surface area contributed by atoms with Crippen molar-refractivity contribution in [3.63, 3.8) is 0 Å². The summed E-state index contributed by atoms with van der Waals surface area (Å²) in [4.78, 5) is 7.09. The molecule has 0 aromatic carbocycles. The first-order valence-electron chi connectivity index (χ1n) is 7.66. The van der Waals surface area contributed by atoms with E-state index in [4.69, 9.17) is 0 Å². The molecule has 0 bridgehead atoms. The monoisotopic (exact) mass is 260 g/mol. The van der Waals surface area contributed by atoms with Crippen LogP contribution in [0.25, 0.3) is 0 Å². The molecule has 1 aromatic rings. The van der Waals surface area contributed by atoms with Crippen molar-refractivity contribution in [3.8, 4) is 0 Å². The van der Waals surface area contributed by atoms with Crippen molar-refractivity contribution in [3.05, 3.63) is 23.9 Å². The van der Waals surface area contributed by atoms with Crippen LogP contribution in [0.1, 0.15) is 57.1 Å². The average Bonchev–Trinajstić information content (AvgIpc) is 2.47. The zero-order valence-corrected chi connectivity index (χ0v) is 11.8. The number of piperidine rings is 1. The van der Waals surface area contributed by atoms with E-state index in [-0.39, 0.29) is 0 Å². The number of rotatable bonds is 2. The normalized spacial score (nSPS) is 28.8. The second kappa shape index (κ2) is 5.49. The van der Waals surface area contributed by atoms with Crippen LogP contribution in [0.4, 0.5) is 5.82 Å². The van der Waals surface area contributed by atoms with Gasteiger partial charge < -0.3 is 10.0 Å². The Morgan fingerprint density at radius 3 is 2.74 bits per heavy atom. The molecule has 1 aliphatic heterocycles. The number of hydrogen-bond donors (Lipinski definition) is 1. The highest BCUT2D eigenvalue weighted by Crippen LogP contribution is 2.37. The van der Waals surface area contributed by atoms with E-state index in [1.165, 1.54) is 38.5 Å². The Bertz CT molecular complexity index is 413. The number of aliphatic hydroxyl groups is 1. The van der Waals surface area contributed by atoms with Crippen molar-refractivity contribution in [1.29, 1.82) is 0 Å². The minimum absolute atomic E-state index is 0.426. The lowest BCUT2D eigenvalue weighted by Gasteiger charge is -2.44. The number of anilines is 1. The lowest BCUT2D eigenvalue weighted by Crippen LogP contribution is -2.47. The largest absolute Gasteiger partial charge is 0.389 e. The van der Waals surface area contributed by atoms with Crippen molar-refractivity contribution in [2.75, 3.05) is 11.4 Å². The van der Waals surface area contributed by atoms with Gasteiger partial charge in [0.05, 0.1) is 6.10 Å². The third kappa shape index (κ3) is 2.62. The van der Waals surface area contributed by atoms with Gasteiger partial charge in [-0.3, -0.25) is 0 Å². The Labute approximate surface area is 115 Å². The first-order valence-corrected chi connectivity index (χ1v) is 7.66. The zero-order chi connectivity index (χ0) is 13.2. The maximum atomic E-state index is 9.56. The summed E-state index contributed by atoms with van der Waals surface area (Å²) in [5.41, 5.74) is 0.904. The van der Waals surface area contributed by atoms with Crippen molar-refractivity contribution in [2.45, 2.75) is 57.6 Å². The van der Waals surface area contributed by atoms with E-state index in [1.807, 2.05) is 12.3 Å². The number of hydrogen-bond acceptors (Lipinski definition) is 3. The molecule has 1 saturated heterocycles. The van der Waals surface area contributed by atoms with E-state index >= 15 is 0 Å². The van der Waals surface area contributed by atoms with Crippen molar-refractivity contribution < 1.29 is 5.11 Å². The summed E-state index contributed by atoms with van der Waals surface area (Å²) in [6.07, 6.45) is 9.58. The van der Waals surface area contributed by atoms with Gasteiger partial charge in [0, 0.05) is 18.8 Å². The minimum atomic E-state index is -0.426. The molecule has 2 unspecified atom stereocenters. The molecule has 3 rings (SSSR count). The first-order chi connectivity index (χ1) is 9.25. The highest BCUT2D eigenvalue weighted by Gasteiger charge is 2.33. The summed E-state index contributed by atoms with van der Waals surface area (Å²) in [7, 11) is 0. The molecule has 104 valence electrons. The van der Waals surface area contributed by atoms with Crippen LogP contribution in [0.3, 0.4) is 0 Å². The Balaban J connectivity index is 1.79. The van der Waals surface area contributed by atoms with Crippen LogP contribution in [-0.2, 0) is 0 Å². The van der Waals surface area contributed by atoms with Gasteiger partial charge >= 0.3 is 0 Å². The molecule has 0 radical (unpaired) electrons. The topological polar surface area (TPSA) is 36.4 Å². The third-order valence-electron chi connectivity index (χ3n) is 4.79. The van der Waals surface area contributed by atoms with Gasteiger partial charge in [0.2, 0.25) is 0 Å². The number of nitrogens with zero attached hydrogens (tertiary/aromatic N) is 2. The van der Waals surface area contributed by atoms with Crippen molar-refractivity contribution in [2.24, 2.45) is 5.92 Å². The highest BCUT2D eigenvalue weighted by molar-refractivity contribution is 5.42. The van der Waals surface area contributed by atoms with Crippen LogP contribution in [0.5, 0.6) is 0 Å². The van der Waals surface area contributed by atoms with Gasteiger partial charge in [-0.15, -0.1) is 0 Å². The number of aromatic nitrogens is 1. The van der Waals surface area contributed by atoms with Gasteiger partial charge in [-0.1, -0.05) is 18.9 Å². The molecule has 0 amide bonds. The summed E-state index contributed by atoms with van der Waals surface area (Å²) in [6, 6.07) is 4.80. The molecule has 3 heteroatoms. The van der Waals surface area contributed by atoms with E-state index in [1.54, 1.807) is 6.92 Å². The quantitative estimate of drug-likeness (QED) is 0.886. The maximum absolute atomic E-state index is 9.56. The first kappa shape index (κ1) is 12.9. The predicted molar refractivity (Wildman–Crippen MR) is 77.2 cm³/mol. The molecule has 1 saturated carbocycles. The van der Waals surface area contributed by atoms with E-state index in [2.05, 4.69) is 16.0 Å². The average molecular weight is 260 g/mol. The van der Waals surface area contributed by atoms with Crippen molar-refractivity contribution >= 4 is 5.82 Å². The Morgan fingerprint density at radius 1 is 1.21 bits per heavy atom. The third-order valence-corrected chi connectivity index (χ3v) is 4.79. The van der Waals surface area contributed by atoms with Gasteiger partial charge in [0.1, 0.15) is 5.82 Å². The second-order valence-corrected chi connectivity index (χ2v) is 6.07. The summed E-state index contributed by atoms with van der Waals surface area (Å²) >= 11 is 0. The van der Waals surface area contributed by atoms with Crippen LogP contribution in [-0.4, -0.2) is 22.7 Å². The van der Waals surface area contributed by atoms with E-state index in [0.29, 0.717) is 6.04 Å². The van der Waals surface area contributed by atoms with Crippen LogP contribution in [0.15, 0.2) is 18.3 Å². The van der Waals surface area contributed by atoms with Gasteiger partial charge in [0.15, 0.2) is 0 Å².